The number of nitrogens with one attached hydrogen (secondary N) is 1. The molecule has 4 heterocycles. The van der Waals surface area contributed by atoms with Crippen LogP contribution in [-0.2, 0) is 16.0 Å². The normalized spacial score (nSPS) is 23.3. The quantitative estimate of drug-likeness (QED) is 0.320. The molecule has 1 N–H and O–H groups in total. The highest BCUT2D eigenvalue weighted by molar-refractivity contribution is 14.0. The van der Waals surface area contributed by atoms with Gasteiger partial charge < -0.3 is 29.5 Å². The minimum Gasteiger partial charge on any atom is -0.376 e. The molecule has 0 bridgehead atoms. The molecule has 4 rings (SSSR count). The van der Waals surface area contributed by atoms with Crippen molar-refractivity contribution in [1.82, 2.24) is 20.1 Å². The Hall–Kier alpha value is -1.17. The van der Waals surface area contributed by atoms with E-state index < -0.39 is 0 Å². The lowest BCUT2D eigenvalue weighted by molar-refractivity contribution is -0.0721. The monoisotopic (exact) mass is 572 g/mol. The first-order valence-electron chi connectivity index (χ1n) is 12.3. The zero-order chi connectivity index (χ0) is 22.2. The third-order valence-corrected chi connectivity index (χ3v) is 6.83. The van der Waals surface area contributed by atoms with Crippen LogP contribution in [-0.4, -0.2) is 99.5 Å². The van der Waals surface area contributed by atoms with E-state index in [0.29, 0.717) is 12.2 Å². The van der Waals surface area contributed by atoms with E-state index in [1.165, 1.54) is 18.4 Å². The molecule has 9 heteroatoms. The highest BCUT2D eigenvalue weighted by Gasteiger charge is 2.24. The highest BCUT2D eigenvalue weighted by Crippen LogP contribution is 2.18. The molecule has 1 aromatic heterocycles. The average molecular weight is 573 g/mol. The number of ether oxygens (including phenoxy) is 2. The summed E-state index contributed by atoms with van der Waals surface area (Å²) in [7, 11) is 4.04. The molecule has 0 radical (unpaired) electrons. The van der Waals surface area contributed by atoms with E-state index in [0.717, 1.165) is 90.1 Å². The van der Waals surface area contributed by atoms with Crippen molar-refractivity contribution >= 4 is 35.8 Å². The van der Waals surface area contributed by atoms with Crippen molar-refractivity contribution in [3.63, 3.8) is 0 Å². The number of aromatic nitrogens is 1. The molecule has 3 fully saturated rings. The summed E-state index contributed by atoms with van der Waals surface area (Å²) in [5, 5.41) is 3.51. The van der Waals surface area contributed by atoms with Crippen LogP contribution in [0.5, 0.6) is 0 Å². The maximum atomic E-state index is 6.15. The summed E-state index contributed by atoms with van der Waals surface area (Å²) in [6, 6.07) is 4.32. The van der Waals surface area contributed by atoms with Gasteiger partial charge in [0.1, 0.15) is 5.82 Å². The predicted molar refractivity (Wildman–Crippen MR) is 144 cm³/mol. The Labute approximate surface area is 216 Å². The van der Waals surface area contributed by atoms with Gasteiger partial charge in [-0.2, -0.15) is 0 Å². The lowest BCUT2D eigenvalue weighted by atomic mass is 10.1. The van der Waals surface area contributed by atoms with Crippen LogP contribution in [0.3, 0.4) is 0 Å². The van der Waals surface area contributed by atoms with Crippen LogP contribution in [0, 0.1) is 0 Å². The van der Waals surface area contributed by atoms with Crippen LogP contribution in [0.4, 0.5) is 5.82 Å². The number of halogens is 1. The van der Waals surface area contributed by atoms with Gasteiger partial charge in [-0.3, -0.25) is 4.99 Å². The van der Waals surface area contributed by atoms with Crippen molar-refractivity contribution in [2.75, 3.05) is 71.5 Å². The van der Waals surface area contributed by atoms with Gasteiger partial charge in [0.25, 0.3) is 0 Å². The Bertz CT molecular complexity index is 712. The number of aliphatic imine (C=N–C) groups is 1. The molecule has 1 aromatic rings. The average Bonchev–Trinajstić information content (AvgIpc) is 2.85. The van der Waals surface area contributed by atoms with Crippen molar-refractivity contribution < 1.29 is 9.47 Å². The van der Waals surface area contributed by atoms with Crippen molar-refractivity contribution in [1.29, 1.82) is 0 Å². The second kappa shape index (κ2) is 13.7. The second-order valence-corrected chi connectivity index (χ2v) is 9.22. The molecule has 3 aliphatic rings. The van der Waals surface area contributed by atoms with Crippen molar-refractivity contribution in [3.05, 3.63) is 23.9 Å². The number of guanidine groups is 1. The first kappa shape index (κ1) is 26.4. The standard InChI is InChI=1S/C24H40N6O2.HI/c1-25-24(30-10-8-21(9-11-30)32-19-22-5-3-4-16-31-22)27-18-20-6-7-23(26-17-20)29-14-12-28(2)13-15-29;/h6-7,17,21-22H,3-5,8-16,18-19H2,1-2H3,(H,25,27);1H. The predicted octanol–water partition coefficient (Wildman–Crippen LogP) is 2.58. The van der Waals surface area contributed by atoms with E-state index in [-0.39, 0.29) is 24.0 Å². The first-order chi connectivity index (χ1) is 15.7. The Balaban J connectivity index is 0.00000306. The Kier molecular flexibility index (Phi) is 10.9. The maximum absolute atomic E-state index is 6.15. The molecular formula is C24H41IN6O2. The van der Waals surface area contributed by atoms with Gasteiger partial charge in [0, 0.05) is 65.7 Å². The largest absolute Gasteiger partial charge is 0.376 e. The second-order valence-electron chi connectivity index (χ2n) is 9.22. The fraction of sp³-hybridized carbons (Fsp3) is 0.750. The maximum Gasteiger partial charge on any atom is 0.193 e. The van der Waals surface area contributed by atoms with Crippen LogP contribution >= 0.6 is 24.0 Å². The van der Waals surface area contributed by atoms with Crippen molar-refractivity contribution in [2.24, 2.45) is 4.99 Å². The Morgan fingerprint density at radius 2 is 1.91 bits per heavy atom. The molecule has 0 amide bonds. The molecule has 0 aliphatic carbocycles. The van der Waals surface area contributed by atoms with E-state index in [4.69, 9.17) is 14.5 Å². The molecule has 1 atom stereocenters. The molecular weight excluding hydrogens is 531 g/mol. The number of hydrogen-bond acceptors (Lipinski definition) is 6. The van der Waals surface area contributed by atoms with Crippen LogP contribution in [0.2, 0.25) is 0 Å². The van der Waals surface area contributed by atoms with Gasteiger partial charge >= 0.3 is 0 Å². The summed E-state index contributed by atoms with van der Waals surface area (Å²) >= 11 is 0. The van der Waals surface area contributed by atoms with Gasteiger partial charge in [0.05, 0.1) is 18.8 Å². The minimum atomic E-state index is 0. The highest BCUT2D eigenvalue weighted by atomic mass is 127. The first-order valence-corrected chi connectivity index (χ1v) is 12.3. The van der Waals surface area contributed by atoms with Gasteiger partial charge in [0.2, 0.25) is 0 Å². The van der Waals surface area contributed by atoms with E-state index >= 15 is 0 Å². The van der Waals surface area contributed by atoms with E-state index in [9.17, 15) is 0 Å². The van der Waals surface area contributed by atoms with Crippen molar-refractivity contribution in [3.8, 4) is 0 Å². The van der Waals surface area contributed by atoms with E-state index in [2.05, 4.69) is 44.2 Å². The SMILES string of the molecule is CN=C(NCc1ccc(N2CCN(C)CC2)nc1)N1CCC(OCC2CCCCO2)CC1.I. The van der Waals surface area contributed by atoms with Crippen LogP contribution < -0.4 is 10.2 Å². The van der Waals surface area contributed by atoms with Gasteiger partial charge in [0.15, 0.2) is 5.96 Å². The zero-order valence-electron chi connectivity index (χ0n) is 20.2. The summed E-state index contributed by atoms with van der Waals surface area (Å²) in [4.78, 5) is 16.3. The molecule has 0 spiro atoms. The van der Waals surface area contributed by atoms with Gasteiger partial charge in [-0.15, -0.1) is 24.0 Å². The molecule has 8 nitrogen and oxygen atoms in total. The molecule has 186 valence electrons. The summed E-state index contributed by atoms with van der Waals surface area (Å²) in [5.74, 6) is 2.04. The van der Waals surface area contributed by atoms with Crippen LogP contribution in [0.1, 0.15) is 37.7 Å². The van der Waals surface area contributed by atoms with E-state index in [1.807, 2.05) is 13.2 Å². The number of rotatable bonds is 6. The number of nitrogens with zero attached hydrogens (tertiary/aromatic N) is 5. The van der Waals surface area contributed by atoms with Gasteiger partial charge in [-0.05, 0) is 50.8 Å². The third kappa shape index (κ3) is 7.93. The Morgan fingerprint density at radius 3 is 2.55 bits per heavy atom. The summed E-state index contributed by atoms with van der Waals surface area (Å²) in [6.45, 7) is 8.58. The third-order valence-electron chi connectivity index (χ3n) is 6.83. The van der Waals surface area contributed by atoms with Gasteiger partial charge in [-0.25, -0.2) is 4.98 Å². The number of hydrogen-bond donors (Lipinski definition) is 1. The molecule has 0 aromatic carbocycles. The minimum absolute atomic E-state index is 0. The lowest BCUT2D eigenvalue weighted by Crippen LogP contribution is -2.47. The molecule has 1 unspecified atom stereocenters. The Morgan fingerprint density at radius 1 is 1.12 bits per heavy atom. The number of likely N-dealkylation sites (tertiary alicyclic amines) is 1. The fourth-order valence-electron chi connectivity index (χ4n) is 4.67. The number of anilines is 1. The number of pyridine rings is 1. The molecule has 33 heavy (non-hydrogen) atoms. The molecule has 3 aliphatic heterocycles. The summed E-state index contributed by atoms with van der Waals surface area (Å²) < 4.78 is 11.9. The molecule has 0 saturated carbocycles. The van der Waals surface area contributed by atoms with Crippen LogP contribution in [0.15, 0.2) is 23.3 Å². The van der Waals surface area contributed by atoms with Crippen molar-refractivity contribution in [2.45, 2.75) is 50.9 Å². The lowest BCUT2D eigenvalue weighted by Gasteiger charge is -2.35. The number of piperidine rings is 1. The fourth-order valence-corrected chi connectivity index (χ4v) is 4.67. The smallest absolute Gasteiger partial charge is 0.193 e. The molecule has 3 saturated heterocycles. The topological polar surface area (TPSA) is 65.5 Å². The summed E-state index contributed by atoms with van der Waals surface area (Å²) in [6.07, 6.45) is 8.29. The summed E-state index contributed by atoms with van der Waals surface area (Å²) in [5.41, 5.74) is 1.18. The number of likely N-dealkylation sites (N-methyl/N-ethyl adjacent to an activating group) is 1. The van der Waals surface area contributed by atoms with Crippen LogP contribution in [0.25, 0.3) is 0 Å². The van der Waals surface area contributed by atoms with Gasteiger partial charge in [-0.1, -0.05) is 6.07 Å². The number of piperazine rings is 1. The zero-order valence-corrected chi connectivity index (χ0v) is 22.6. The van der Waals surface area contributed by atoms with E-state index in [1.54, 1.807) is 0 Å².